The lowest BCUT2D eigenvalue weighted by atomic mass is 10.2. The van der Waals surface area contributed by atoms with Crippen molar-refractivity contribution in [1.29, 1.82) is 0 Å². The lowest BCUT2D eigenvalue weighted by Gasteiger charge is -2.23. The molecule has 0 spiro atoms. The molecule has 2 N–H and O–H groups in total. The van der Waals surface area contributed by atoms with Gasteiger partial charge in [0.15, 0.2) is 0 Å². The van der Waals surface area contributed by atoms with E-state index in [2.05, 4.69) is 33.0 Å². The molecule has 1 amide bonds. The number of likely N-dealkylation sites (N-methyl/N-ethyl adjacent to an activating group) is 1. The molecule has 4 nitrogen and oxygen atoms in total. The summed E-state index contributed by atoms with van der Waals surface area (Å²) in [6.45, 7) is 2.08. The van der Waals surface area contributed by atoms with Crippen LogP contribution in [0.15, 0.2) is 17.5 Å². The minimum Gasteiger partial charge on any atom is -0.353 e. The predicted octanol–water partition coefficient (Wildman–Crippen LogP) is 2.31. The second-order valence-electron chi connectivity index (χ2n) is 5.37. The van der Waals surface area contributed by atoms with E-state index >= 15 is 0 Å². The molecule has 1 aromatic heterocycles. The van der Waals surface area contributed by atoms with Crippen molar-refractivity contribution in [3.63, 3.8) is 0 Å². The maximum atomic E-state index is 11.8. The number of hydrogen-bond acceptors (Lipinski definition) is 4. The summed E-state index contributed by atoms with van der Waals surface area (Å²) in [6.07, 6.45) is 2.63. The molecule has 1 heterocycles. The first-order valence-electron chi connectivity index (χ1n) is 6.84. The quantitative estimate of drug-likeness (QED) is 0.753. The summed E-state index contributed by atoms with van der Waals surface area (Å²) in [5, 5.41) is 8.30. The Kier molecular flexibility index (Phi) is 10.2. The zero-order valence-corrected chi connectivity index (χ0v) is 15.0. The number of thiophene rings is 1. The van der Waals surface area contributed by atoms with E-state index in [1.807, 2.05) is 14.1 Å². The molecule has 1 atom stereocenters. The van der Waals surface area contributed by atoms with E-state index in [0.29, 0.717) is 13.1 Å². The van der Waals surface area contributed by atoms with Gasteiger partial charge < -0.3 is 15.5 Å². The highest BCUT2D eigenvalue weighted by Crippen LogP contribution is 2.27. The second kappa shape index (κ2) is 10.4. The Morgan fingerprint density at radius 2 is 2.14 bits per heavy atom. The highest BCUT2D eigenvalue weighted by molar-refractivity contribution is 7.10. The van der Waals surface area contributed by atoms with Gasteiger partial charge in [-0.05, 0) is 50.8 Å². The number of carbonyl (C=O) groups excluding carboxylic acids is 1. The van der Waals surface area contributed by atoms with Crippen LogP contribution in [0, 0.1) is 5.92 Å². The molecule has 1 unspecified atom stereocenters. The van der Waals surface area contributed by atoms with E-state index in [4.69, 9.17) is 0 Å². The zero-order valence-electron chi connectivity index (χ0n) is 12.5. The molecule has 1 saturated carbocycles. The summed E-state index contributed by atoms with van der Waals surface area (Å²) >= 11 is 1.73. The molecule has 7 heteroatoms. The van der Waals surface area contributed by atoms with E-state index in [0.717, 1.165) is 12.5 Å². The van der Waals surface area contributed by atoms with Gasteiger partial charge in [0.1, 0.15) is 0 Å². The van der Waals surface area contributed by atoms with Crippen molar-refractivity contribution in [2.75, 3.05) is 33.7 Å². The van der Waals surface area contributed by atoms with Gasteiger partial charge in [-0.1, -0.05) is 6.07 Å². The van der Waals surface area contributed by atoms with Gasteiger partial charge >= 0.3 is 0 Å². The van der Waals surface area contributed by atoms with E-state index in [9.17, 15) is 4.79 Å². The third-order valence-electron chi connectivity index (χ3n) is 3.40. The first-order chi connectivity index (χ1) is 9.16. The number of hydrogen-bond donors (Lipinski definition) is 2. The molecule has 2 rings (SSSR count). The summed E-state index contributed by atoms with van der Waals surface area (Å²) in [7, 11) is 4.09. The van der Waals surface area contributed by atoms with Crippen LogP contribution in [0.2, 0.25) is 0 Å². The van der Waals surface area contributed by atoms with Gasteiger partial charge in [-0.25, -0.2) is 0 Å². The fourth-order valence-corrected chi connectivity index (χ4v) is 2.93. The summed E-state index contributed by atoms with van der Waals surface area (Å²) in [5.74, 6) is 0.900. The number of rotatable bonds is 8. The second-order valence-corrected chi connectivity index (χ2v) is 6.35. The minimum atomic E-state index is 0. The summed E-state index contributed by atoms with van der Waals surface area (Å²) in [5.41, 5.74) is 0. The van der Waals surface area contributed by atoms with Gasteiger partial charge in [0, 0.05) is 11.4 Å². The van der Waals surface area contributed by atoms with Gasteiger partial charge in [-0.2, -0.15) is 0 Å². The Morgan fingerprint density at radius 1 is 1.43 bits per heavy atom. The van der Waals surface area contributed by atoms with Gasteiger partial charge in [0.2, 0.25) is 5.91 Å². The highest BCUT2D eigenvalue weighted by Gasteiger charge is 2.21. The molecular weight excluding hydrogens is 329 g/mol. The van der Waals surface area contributed by atoms with E-state index < -0.39 is 0 Å². The smallest absolute Gasteiger partial charge is 0.234 e. The molecule has 21 heavy (non-hydrogen) atoms. The maximum absolute atomic E-state index is 11.8. The number of amides is 1. The van der Waals surface area contributed by atoms with Crippen molar-refractivity contribution in [1.82, 2.24) is 15.5 Å². The van der Waals surface area contributed by atoms with Crippen LogP contribution in [0.5, 0.6) is 0 Å². The van der Waals surface area contributed by atoms with Crippen LogP contribution in [0.1, 0.15) is 23.8 Å². The van der Waals surface area contributed by atoms with Crippen molar-refractivity contribution in [2.24, 2.45) is 5.92 Å². The summed E-state index contributed by atoms with van der Waals surface area (Å²) < 4.78 is 0. The number of nitrogens with zero attached hydrogens (tertiary/aromatic N) is 1. The summed E-state index contributed by atoms with van der Waals surface area (Å²) in [6, 6.07) is 4.43. The Bertz CT molecular complexity index is 397. The van der Waals surface area contributed by atoms with Crippen molar-refractivity contribution in [2.45, 2.75) is 18.9 Å². The van der Waals surface area contributed by atoms with Crippen LogP contribution in [-0.4, -0.2) is 44.5 Å². The molecule has 0 saturated heterocycles. The van der Waals surface area contributed by atoms with Crippen LogP contribution in [-0.2, 0) is 4.79 Å². The standard InChI is InChI=1S/C14H23N3OS.2ClH/c1-17(2)12(13-4-3-7-19-13)9-16-14(18)10-15-8-11-5-6-11;;/h3-4,7,11-12,15H,5-6,8-10H2,1-2H3,(H,16,18);2*1H. The highest BCUT2D eigenvalue weighted by atomic mass is 35.5. The largest absolute Gasteiger partial charge is 0.353 e. The van der Waals surface area contributed by atoms with Crippen LogP contribution in [0.4, 0.5) is 0 Å². The Hall–Kier alpha value is -0.330. The third-order valence-corrected chi connectivity index (χ3v) is 4.38. The van der Waals surface area contributed by atoms with Gasteiger partial charge in [0.25, 0.3) is 0 Å². The normalized spacial score (nSPS) is 15.0. The fourth-order valence-electron chi connectivity index (χ4n) is 2.00. The van der Waals surface area contributed by atoms with Gasteiger partial charge in [0.05, 0.1) is 12.6 Å². The van der Waals surface area contributed by atoms with Crippen molar-refractivity contribution in [3.8, 4) is 0 Å². The Morgan fingerprint density at radius 3 is 2.67 bits per heavy atom. The maximum Gasteiger partial charge on any atom is 0.234 e. The molecule has 0 bridgehead atoms. The SMILES string of the molecule is CN(C)C(CNC(=O)CNCC1CC1)c1cccs1.Cl.Cl. The molecule has 0 aliphatic heterocycles. The fraction of sp³-hybridized carbons (Fsp3) is 0.643. The average Bonchev–Trinajstić information content (AvgIpc) is 3.03. The molecular formula is C14H25Cl2N3OS. The van der Waals surface area contributed by atoms with Crippen molar-refractivity contribution < 1.29 is 4.79 Å². The van der Waals surface area contributed by atoms with E-state index in [-0.39, 0.29) is 36.8 Å². The third kappa shape index (κ3) is 7.47. The van der Waals surface area contributed by atoms with Crippen LogP contribution >= 0.6 is 36.2 Å². The Labute approximate surface area is 143 Å². The van der Waals surface area contributed by atoms with Gasteiger partial charge in [-0.15, -0.1) is 36.2 Å². The molecule has 1 aliphatic carbocycles. The first kappa shape index (κ1) is 20.7. The van der Waals surface area contributed by atoms with Crippen molar-refractivity contribution >= 4 is 42.1 Å². The lowest BCUT2D eigenvalue weighted by Crippen LogP contribution is -2.39. The minimum absolute atomic E-state index is 0. The van der Waals surface area contributed by atoms with Crippen LogP contribution in [0.3, 0.4) is 0 Å². The number of nitrogens with one attached hydrogen (secondary N) is 2. The van der Waals surface area contributed by atoms with E-state index in [1.54, 1.807) is 11.3 Å². The molecule has 1 aromatic rings. The van der Waals surface area contributed by atoms with Gasteiger partial charge in [-0.3, -0.25) is 4.79 Å². The van der Waals surface area contributed by atoms with Crippen LogP contribution in [0.25, 0.3) is 0 Å². The zero-order chi connectivity index (χ0) is 13.7. The molecule has 122 valence electrons. The molecule has 1 fully saturated rings. The molecule has 0 aromatic carbocycles. The Balaban J connectivity index is 0.00000200. The number of halogens is 2. The van der Waals surface area contributed by atoms with Crippen molar-refractivity contribution in [3.05, 3.63) is 22.4 Å². The first-order valence-corrected chi connectivity index (χ1v) is 7.72. The molecule has 1 aliphatic rings. The molecule has 0 radical (unpaired) electrons. The monoisotopic (exact) mass is 353 g/mol. The van der Waals surface area contributed by atoms with E-state index in [1.165, 1.54) is 17.7 Å². The summed E-state index contributed by atoms with van der Waals surface area (Å²) in [4.78, 5) is 15.2. The lowest BCUT2D eigenvalue weighted by molar-refractivity contribution is -0.120. The average molecular weight is 354 g/mol. The topological polar surface area (TPSA) is 44.4 Å². The van der Waals surface area contributed by atoms with Crippen LogP contribution < -0.4 is 10.6 Å². The predicted molar refractivity (Wildman–Crippen MR) is 93.8 cm³/mol. The number of carbonyl (C=O) groups is 1.